The first-order valence-electron chi connectivity index (χ1n) is 4.76. The van der Waals surface area contributed by atoms with Crippen LogP contribution in [0, 0.1) is 0 Å². The molecule has 13 heavy (non-hydrogen) atoms. The van der Waals surface area contributed by atoms with Crippen molar-refractivity contribution in [2.45, 2.75) is 31.5 Å². The standard InChI is InChI=1S/C10H14FNS/c11-9-3-4-10(9)12-6-5-8-2-1-7-13-8/h1-2,7,9-10,12H,3-6H2. The van der Waals surface area contributed by atoms with E-state index in [1.165, 1.54) is 4.88 Å². The summed E-state index contributed by atoms with van der Waals surface area (Å²) in [5, 5.41) is 5.32. The lowest BCUT2D eigenvalue weighted by Crippen LogP contribution is -2.46. The molecule has 1 aromatic heterocycles. The smallest absolute Gasteiger partial charge is 0.115 e. The van der Waals surface area contributed by atoms with Crippen LogP contribution in [0.3, 0.4) is 0 Å². The highest BCUT2D eigenvalue weighted by atomic mass is 32.1. The summed E-state index contributed by atoms with van der Waals surface area (Å²) < 4.78 is 12.8. The Kier molecular flexibility index (Phi) is 2.96. The SMILES string of the molecule is FC1CCC1NCCc1cccs1. The van der Waals surface area contributed by atoms with Crippen molar-refractivity contribution < 1.29 is 4.39 Å². The first kappa shape index (κ1) is 9.16. The second-order valence-corrected chi connectivity index (χ2v) is 4.52. The van der Waals surface area contributed by atoms with Crippen LogP contribution >= 0.6 is 11.3 Å². The van der Waals surface area contributed by atoms with Crippen molar-refractivity contribution in [3.63, 3.8) is 0 Å². The fraction of sp³-hybridized carbons (Fsp3) is 0.600. The lowest BCUT2D eigenvalue weighted by Gasteiger charge is -2.31. The van der Waals surface area contributed by atoms with Gasteiger partial charge >= 0.3 is 0 Å². The highest BCUT2D eigenvalue weighted by Gasteiger charge is 2.29. The third kappa shape index (κ3) is 2.29. The fourth-order valence-corrected chi connectivity index (χ4v) is 2.23. The number of hydrogen-bond acceptors (Lipinski definition) is 2. The number of thiophene rings is 1. The summed E-state index contributed by atoms with van der Waals surface area (Å²) in [4.78, 5) is 1.38. The maximum atomic E-state index is 12.8. The van der Waals surface area contributed by atoms with Gasteiger partial charge in [0.25, 0.3) is 0 Å². The number of rotatable bonds is 4. The molecule has 0 amide bonds. The topological polar surface area (TPSA) is 12.0 Å². The van der Waals surface area contributed by atoms with Crippen LogP contribution in [-0.2, 0) is 6.42 Å². The minimum atomic E-state index is -0.594. The van der Waals surface area contributed by atoms with E-state index in [0.717, 1.165) is 25.8 Å². The van der Waals surface area contributed by atoms with Crippen molar-refractivity contribution in [1.82, 2.24) is 5.32 Å². The molecule has 1 aromatic rings. The summed E-state index contributed by atoms with van der Waals surface area (Å²) in [5.41, 5.74) is 0. The highest BCUT2D eigenvalue weighted by molar-refractivity contribution is 7.09. The van der Waals surface area contributed by atoms with Crippen LogP contribution in [0.2, 0.25) is 0 Å². The van der Waals surface area contributed by atoms with Crippen LogP contribution in [0.1, 0.15) is 17.7 Å². The highest BCUT2D eigenvalue weighted by Crippen LogP contribution is 2.22. The third-order valence-corrected chi connectivity index (χ3v) is 3.48. The quantitative estimate of drug-likeness (QED) is 0.785. The number of halogens is 1. The van der Waals surface area contributed by atoms with E-state index in [9.17, 15) is 4.39 Å². The van der Waals surface area contributed by atoms with Gasteiger partial charge in [0.2, 0.25) is 0 Å². The molecule has 3 heteroatoms. The molecule has 1 heterocycles. The Bertz CT molecular complexity index is 247. The third-order valence-electron chi connectivity index (χ3n) is 2.55. The van der Waals surface area contributed by atoms with E-state index in [-0.39, 0.29) is 6.04 Å². The monoisotopic (exact) mass is 199 g/mol. The van der Waals surface area contributed by atoms with Crippen LogP contribution in [0.5, 0.6) is 0 Å². The average molecular weight is 199 g/mol. The van der Waals surface area contributed by atoms with Gasteiger partial charge in [0.15, 0.2) is 0 Å². The van der Waals surface area contributed by atoms with Gasteiger partial charge in [0.05, 0.1) is 0 Å². The van der Waals surface area contributed by atoms with Gasteiger partial charge in [-0.05, 0) is 30.7 Å². The van der Waals surface area contributed by atoms with Crippen LogP contribution in [-0.4, -0.2) is 18.8 Å². The summed E-state index contributed by atoms with van der Waals surface area (Å²) in [7, 11) is 0. The molecule has 1 aliphatic rings. The lowest BCUT2D eigenvalue weighted by atomic mass is 9.90. The molecule has 0 spiro atoms. The molecule has 0 bridgehead atoms. The van der Waals surface area contributed by atoms with Crippen LogP contribution in [0.15, 0.2) is 17.5 Å². The van der Waals surface area contributed by atoms with E-state index < -0.39 is 6.17 Å². The van der Waals surface area contributed by atoms with E-state index in [0.29, 0.717) is 0 Å². The molecule has 2 rings (SSSR count). The van der Waals surface area contributed by atoms with Crippen molar-refractivity contribution in [1.29, 1.82) is 0 Å². The van der Waals surface area contributed by atoms with Gasteiger partial charge in [-0.2, -0.15) is 0 Å². The van der Waals surface area contributed by atoms with E-state index in [1.807, 2.05) is 0 Å². The zero-order valence-corrected chi connectivity index (χ0v) is 8.32. The van der Waals surface area contributed by atoms with Gasteiger partial charge in [-0.1, -0.05) is 6.07 Å². The summed E-state index contributed by atoms with van der Waals surface area (Å²) in [5.74, 6) is 0. The van der Waals surface area contributed by atoms with Gasteiger partial charge in [0, 0.05) is 17.5 Å². The normalized spacial score (nSPS) is 27.2. The second kappa shape index (κ2) is 4.20. The van der Waals surface area contributed by atoms with Crippen molar-refractivity contribution in [2.75, 3.05) is 6.54 Å². The molecule has 1 saturated carbocycles. The summed E-state index contributed by atoms with van der Waals surface area (Å²) >= 11 is 1.77. The lowest BCUT2D eigenvalue weighted by molar-refractivity contribution is 0.143. The zero-order valence-electron chi connectivity index (χ0n) is 7.50. The predicted molar refractivity (Wildman–Crippen MR) is 53.9 cm³/mol. The minimum absolute atomic E-state index is 0.139. The molecule has 1 aliphatic carbocycles. The Morgan fingerprint density at radius 3 is 3.00 bits per heavy atom. The molecule has 1 N–H and O–H groups in total. The first-order chi connectivity index (χ1) is 6.36. The van der Waals surface area contributed by atoms with Gasteiger partial charge in [-0.3, -0.25) is 0 Å². The summed E-state index contributed by atoms with van der Waals surface area (Å²) in [6.45, 7) is 0.908. The van der Waals surface area contributed by atoms with Crippen LogP contribution < -0.4 is 5.32 Å². The first-order valence-corrected chi connectivity index (χ1v) is 5.64. The molecule has 0 aromatic carbocycles. The fourth-order valence-electron chi connectivity index (χ4n) is 1.52. The van der Waals surface area contributed by atoms with Crippen LogP contribution in [0.4, 0.5) is 4.39 Å². The van der Waals surface area contributed by atoms with Gasteiger partial charge < -0.3 is 5.32 Å². The Morgan fingerprint density at radius 2 is 2.46 bits per heavy atom. The Morgan fingerprint density at radius 1 is 1.54 bits per heavy atom. The molecule has 1 fully saturated rings. The summed E-state index contributed by atoms with van der Waals surface area (Å²) in [6.07, 6.45) is 2.19. The van der Waals surface area contributed by atoms with Crippen LogP contribution in [0.25, 0.3) is 0 Å². The Balaban J connectivity index is 1.64. The van der Waals surface area contributed by atoms with E-state index in [4.69, 9.17) is 0 Å². The zero-order chi connectivity index (χ0) is 9.10. The van der Waals surface area contributed by atoms with Crippen molar-refractivity contribution >= 4 is 11.3 Å². The van der Waals surface area contributed by atoms with E-state index >= 15 is 0 Å². The largest absolute Gasteiger partial charge is 0.311 e. The van der Waals surface area contributed by atoms with Gasteiger partial charge in [0.1, 0.15) is 6.17 Å². The van der Waals surface area contributed by atoms with Crippen molar-refractivity contribution in [3.05, 3.63) is 22.4 Å². The Hall–Kier alpha value is -0.410. The predicted octanol–water partition coefficient (Wildman–Crippen LogP) is 2.38. The maximum Gasteiger partial charge on any atom is 0.115 e. The van der Waals surface area contributed by atoms with Gasteiger partial charge in [-0.25, -0.2) is 4.39 Å². The second-order valence-electron chi connectivity index (χ2n) is 3.48. The molecule has 0 radical (unpaired) electrons. The minimum Gasteiger partial charge on any atom is -0.311 e. The molecule has 72 valence electrons. The van der Waals surface area contributed by atoms with E-state index in [2.05, 4.69) is 22.8 Å². The molecule has 0 aliphatic heterocycles. The van der Waals surface area contributed by atoms with E-state index in [1.54, 1.807) is 11.3 Å². The molecule has 1 nitrogen and oxygen atoms in total. The van der Waals surface area contributed by atoms with Gasteiger partial charge in [-0.15, -0.1) is 11.3 Å². The maximum absolute atomic E-state index is 12.8. The van der Waals surface area contributed by atoms with Crippen molar-refractivity contribution in [3.8, 4) is 0 Å². The number of nitrogens with one attached hydrogen (secondary N) is 1. The molecule has 2 unspecified atom stereocenters. The molecule has 2 atom stereocenters. The number of hydrogen-bond donors (Lipinski definition) is 1. The van der Waals surface area contributed by atoms with Crippen molar-refractivity contribution in [2.24, 2.45) is 0 Å². The number of alkyl halides is 1. The molecule has 0 saturated heterocycles. The average Bonchev–Trinajstić information content (AvgIpc) is 2.62. The molecular formula is C10H14FNS. The Labute approximate surface area is 82.0 Å². The molecular weight excluding hydrogens is 185 g/mol. The summed E-state index contributed by atoms with van der Waals surface area (Å²) in [6, 6.07) is 4.32.